The number of fused-ring (bicyclic) bond motifs is 1. The van der Waals surface area contributed by atoms with Gasteiger partial charge in [-0.15, -0.1) is 0 Å². The summed E-state index contributed by atoms with van der Waals surface area (Å²) in [5.74, 6) is 0.518. The molecule has 3 nitrogen and oxygen atoms in total. The van der Waals surface area contributed by atoms with E-state index in [0.29, 0.717) is 12.0 Å². The molecule has 0 spiro atoms. The smallest absolute Gasteiger partial charge is 0.157 e. The molecule has 0 radical (unpaired) electrons. The Morgan fingerprint density at radius 3 is 2.47 bits per heavy atom. The number of hydrogen-bond donors (Lipinski definition) is 0. The highest BCUT2D eigenvalue weighted by atomic mass is 15.3. The van der Waals surface area contributed by atoms with E-state index in [1.807, 2.05) is 17.1 Å². The molecule has 0 aliphatic heterocycles. The van der Waals surface area contributed by atoms with Crippen LogP contribution in [0, 0.1) is 0 Å². The molecule has 0 aromatic carbocycles. The number of hydrogen-bond acceptors (Lipinski definition) is 2. The van der Waals surface area contributed by atoms with Crippen molar-refractivity contribution in [3.8, 4) is 0 Å². The predicted octanol–water partition coefficient (Wildman–Crippen LogP) is 3.14. The van der Waals surface area contributed by atoms with Crippen molar-refractivity contribution in [3.63, 3.8) is 0 Å². The standard InChI is InChI=1S/C12H17N3/c1-8(2)10-5-11-7-14-15(9(3)4)12(11)13-6-10/h5-9H,1-4H3. The largest absolute Gasteiger partial charge is 0.245 e. The first-order valence-corrected chi connectivity index (χ1v) is 5.42. The Morgan fingerprint density at radius 1 is 1.13 bits per heavy atom. The van der Waals surface area contributed by atoms with Crippen LogP contribution in [0.2, 0.25) is 0 Å². The van der Waals surface area contributed by atoms with Crippen LogP contribution in [-0.4, -0.2) is 14.8 Å². The second-order valence-corrected chi connectivity index (χ2v) is 4.52. The number of rotatable bonds is 2. The molecule has 3 heteroatoms. The van der Waals surface area contributed by atoms with Gasteiger partial charge in [0.25, 0.3) is 0 Å². The van der Waals surface area contributed by atoms with Gasteiger partial charge >= 0.3 is 0 Å². The van der Waals surface area contributed by atoms with Gasteiger partial charge in [-0.1, -0.05) is 13.8 Å². The molecule has 15 heavy (non-hydrogen) atoms. The van der Waals surface area contributed by atoms with E-state index in [2.05, 4.69) is 43.8 Å². The third-order valence-electron chi connectivity index (χ3n) is 2.61. The van der Waals surface area contributed by atoms with E-state index in [9.17, 15) is 0 Å². The molecule has 0 saturated heterocycles. The lowest BCUT2D eigenvalue weighted by Gasteiger charge is -2.07. The fourth-order valence-corrected chi connectivity index (χ4v) is 1.65. The number of pyridine rings is 1. The number of aromatic nitrogens is 3. The van der Waals surface area contributed by atoms with Crippen LogP contribution in [0.3, 0.4) is 0 Å². The Balaban J connectivity index is 2.57. The topological polar surface area (TPSA) is 30.7 Å². The van der Waals surface area contributed by atoms with Crippen molar-refractivity contribution in [2.24, 2.45) is 0 Å². The molecule has 2 heterocycles. The SMILES string of the molecule is CC(C)c1cnc2c(cnn2C(C)C)c1. The summed E-state index contributed by atoms with van der Waals surface area (Å²) in [5.41, 5.74) is 2.25. The maximum atomic E-state index is 4.48. The molecule has 0 unspecified atom stereocenters. The van der Waals surface area contributed by atoms with Crippen LogP contribution in [0.15, 0.2) is 18.5 Å². The summed E-state index contributed by atoms with van der Waals surface area (Å²) in [7, 11) is 0. The molecule has 0 atom stereocenters. The highest BCUT2D eigenvalue weighted by Crippen LogP contribution is 2.20. The average molecular weight is 203 g/mol. The molecule has 80 valence electrons. The van der Waals surface area contributed by atoms with Crippen molar-refractivity contribution >= 4 is 11.0 Å². The van der Waals surface area contributed by atoms with Crippen molar-refractivity contribution in [2.45, 2.75) is 39.7 Å². The first-order chi connectivity index (χ1) is 7.09. The zero-order chi connectivity index (χ0) is 11.0. The van der Waals surface area contributed by atoms with Crippen LogP contribution in [0.25, 0.3) is 11.0 Å². The fourth-order valence-electron chi connectivity index (χ4n) is 1.65. The van der Waals surface area contributed by atoms with Crippen LogP contribution in [0.1, 0.15) is 45.2 Å². The van der Waals surface area contributed by atoms with Gasteiger partial charge in [-0.25, -0.2) is 9.67 Å². The minimum absolute atomic E-state index is 0.361. The summed E-state index contributed by atoms with van der Waals surface area (Å²) in [6, 6.07) is 2.54. The molecule has 2 aromatic heterocycles. The Labute approximate surface area is 90.1 Å². The molecule has 2 rings (SSSR count). The van der Waals surface area contributed by atoms with Gasteiger partial charge < -0.3 is 0 Å². The van der Waals surface area contributed by atoms with Gasteiger partial charge in [0, 0.05) is 17.6 Å². The van der Waals surface area contributed by atoms with Crippen LogP contribution >= 0.6 is 0 Å². The first-order valence-electron chi connectivity index (χ1n) is 5.42. The van der Waals surface area contributed by atoms with E-state index in [1.165, 1.54) is 5.56 Å². The Kier molecular flexibility index (Phi) is 2.47. The normalized spacial score (nSPS) is 11.9. The van der Waals surface area contributed by atoms with E-state index in [1.54, 1.807) is 0 Å². The summed E-state index contributed by atoms with van der Waals surface area (Å²) in [6.45, 7) is 8.58. The average Bonchev–Trinajstić information content (AvgIpc) is 2.59. The van der Waals surface area contributed by atoms with Crippen LogP contribution < -0.4 is 0 Å². The third-order valence-corrected chi connectivity index (χ3v) is 2.61. The summed E-state index contributed by atoms with van der Waals surface area (Å²) >= 11 is 0. The van der Waals surface area contributed by atoms with Crippen molar-refractivity contribution in [2.75, 3.05) is 0 Å². The Morgan fingerprint density at radius 2 is 1.87 bits per heavy atom. The Bertz CT molecular complexity index is 469. The second kappa shape index (κ2) is 3.65. The Hall–Kier alpha value is -1.38. The highest BCUT2D eigenvalue weighted by Gasteiger charge is 2.08. The van der Waals surface area contributed by atoms with E-state index < -0.39 is 0 Å². The molecule has 2 aromatic rings. The summed E-state index contributed by atoms with van der Waals surface area (Å²) in [6.07, 6.45) is 3.85. The van der Waals surface area contributed by atoms with E-state index >= 15 is 0 Å². The lowest BCUT2D eigenvalue weighted by atomic mass is 10.1. The molecule has 0 bridgehead atoms. The maximum absolute atomic E-state index is 4.48. The van der Waals surface area contributed by atoms with Crippen LogP contribution in [0.4, 0.5) is 0 Å². The van der Waals surface area contributed by atoms with Crippen LogP contribution in [0.5, 0.6) is 0 Å². The van der Waals surface area contributed by atoms with Gasteiger partial charge in [0.05, 0.1) is 6.20 Å². The van der Waals surface area contributed by atoms with E-state index in [0.717, 1.165) is 11.0 Å². The second-order valence-electron chi connectivity index (χ2n) is 4.52. The zero-order valence-electron chi connectivity index (χ0n) is 9.73. The monoisotopic (exact) mass is 203 g/mol. The maximum Gasteiger partial charge on any atom is 0.157 e. The molecule has 0 fully saturated rings. The summed E-state index contributed by atoms with van der Waals surface area (Å²) in [5, 5.41) is 5.48. The van der Waals surface area contributed by atoms with E-state index in [-0.39, 0.29) is 0 Å². The molecular formula is C12H17N3. The highest BCUT2D eigenvalue weighted by molar-refractivity contribution is 5.75. The third kappa shape index (κ3) is 1.74. The van der Waals surface area contributed by atoms with Crippen molar-refractivity contribution in [1.29, 1.82) is 0 Å². The molecule has 0 aliphatic rings. The van der Waals surface area contributed by atoms with Crippen molar-refractivity contribution in [3.05, 3.63) is 24.0 Å². The van der Waals surface area contributed by atoms with E-state index in [4.69, 9.17) is 0 Å². The molecular weight excluding hydrogens is 186 g/mol. The summed E-state index contributed by atoms with van der Waals surface area (Å²) in [4.78, 5) is 4.48. The van der Waals surface area contributed by atoms with Crippen molar-refractivity contribution in [1.82, 2.24) is 14.8 Å². The number of nitrogens with zero attached hydrogens (tertiary/aromatic N) is 3. The minimum atomic E-state index is 0.361. The van der Waals surface area contributed by atoms with Gasteiger partial charge in [-0.2, -0.15) is 5.10 Å². The lowest BCUT2D eigenvalue weighted by Crippen LogP contribution is -2.03. The van der Waals surface area contributed by atoms with Gasteiger partial charge in [-0.3, -0.25) is 0 Å². The first kappa shape index (κ1) is 10.1. The quantitative estimate of drug-likeness (QED) is 0.750. The van der Waals surface area contributed by atoms with Gasteiger partial charge in [0.15, 0.2) is 5.65 Å². The van der Waals surface area contributed by atoms with Gasteiger partial charge in [0.1, 0.15) is 0 Å². The van der Waals surface area contributed by atoms with Crippen molar-refractivity contribution < 1.29 is 0 Å². The predicted molar refractivity (Wildman–Crippen MR) is 62.0 cm³/mol. The molecule has 0 amide bonds. The van der Waals surface area contributed by atoms with Crippen LogP contribution in [-0.2, 0) is 0 Å². The molecule has 0 aliphatic carbocycles. The lowest BCUT2D eigenvalue weighted by molar-refractivity contribution is 0.546. The van der Waals surface area contributed by atoms with Gasteiger partial charge in [0.2, 0.25) is 0 Å². The van der Waals surface area contributed by atoms with Gasteiger partial charge in [-0.05, 0) is 31.4 Å². The molecule has 0 saturated carbocycles. The minimum Gasteiger partial charge on any atom is -0.245 e. The molecule has 0 N–H and O–H groups in total. The zero-order valence-corrected chi connectivity index (χ0v) is 9.73. The fraction of sp³-hybridized carbons (Fsp3) is 0.500. The summed E-state index contributed by atoms with van der Waals surface area (Å²) < 4.78 is 1.96.